The van der Waals surface area contributed by atoms with Crippen molar-refractivity contribution in [3.8, 4) is 5.75 Å². The van der Waals surface area contributed by atoms with Crippen molar-refractivity contribution in [2.75, 3.05) is 26.0 Å². The molecule has 1 heterocycles. The van der Waals surface area contributed by atoms with Crippen molar-refractivity contribution < 1.29 is 67.1 Å². The van der Waals surface area contributed by atoms with Crippen molar-refractivity contribution in [1.29, 1.82) is 0 Å². The zero-order chi connectivity index (χ0) is 34.4. The Morgan fingerprint density at radius 2 is 1.65 bits per heavy atom. The Kier molecular flexibility index (Phi) is 9.86. The second kappa shape index (κ2) is 12.7. The lowest BCUT2D eigenvalue weighted by Crippen LogP contribution is -2.44. The Morgan fingerprint density at radius 1 is 1.04 bits per heavy atom. The normalized spacial score (nSPS) is 17.5. The maximum absolute atomic E-state index is 15.7. The lowest BCUT2D eigenvalue weighted by molar-refractivity contribution is -0.216. The van der Waals surface area contributed by atoms with Gasteiger partial charge in [-0.15, -0.1) is 0 Å². The average molecular weight is 711 g/mol. The van der Waals surface area contributed by atoms with Crippen LogP contribution in [0.2, 0.25) is 5.02 Å². The van der Waals surface area contributed by atoms with Crippen LogP contribution in [0, 0.1) is 11.6 Å². The van der Waals surface area contributed by atoms with E-state index in [0.29, 0.717) is 31.0 Å². The number of carbonyl (C=O) groups excluding carboxylic acids is 2. The number of sulfonamides is 1. The number of benzene rings is 2. The van der Waals surface area contributed by atoms with Crippen molar-refractivity contribution >= 4 is 33.5 Å². The number of nitrogens with zero attached hydrogens (tertiary/aromatic N) is 2. The van der Waals surface area contributed by atoms with E-state index in [1.54, 1.807) is 0 Å². The van der Waals surface area contributed by atoms with Crippen LogP contribution in [0.1, 0.15) is 58.6 Å². The lowest BCUT2D eigenvalue weighted by atomic mass is 9.93. The van der Waals surface area contributed by atoms with E-state index in [9.17, 15) is 48.7 Å². The van der Waals surface area contributed by atoms with Gasteiger partial charge in [0, 0.05) is 31.3 Å². The number of hydrogen-bond acceptors (Lipinski definition) is 7. The molecule has 2 fully saturated rings. The van der Waals surface area contributed by atoms with E-state index in [0.717, 1.165) is 6.07 Å². The van der Waals surface area contributed by atoms with E-state index in [4.69, 9.17) is 16.3 Å². The van der Waals surface area contributed by atoms with E-state index in [-0.39, 0.29) is 61.5 Å². The molecule has 8 nitrogen and oxygen atoms in total. The molecule has 0 unspecified atom stereocenters. The van der Waals surface area contributed by atoms with Crippen molar-refractivity contribution in [1.82, 2.24) is 9.37 Å². The molecule has 1 saturated heterocycles. The Balaban J connectivity index is 1.47. The highest BCUT2D eigenvalue weighted by molar-refractivity contribution is 7.88. The van der Waals surface area contributed by atoms with Crippen molar-refractivity contribution in [3.63, 3.8) is 0 Å². The van der Waals surface area contributed by atoms with Crippen LogP contribution in [0.15, 0.2) is 24.3 Å². The average Bonchev–Trinajstić information content (AvgIpc) is 3.77. The van der Waals surface area contributed by atoms with Gasteiger partial charge in [-0.25, -0.2) is 26.4 Å². The highest BCUT2D eigenvalue weighted by atomic mass is 35.5. The van der Waals surface area contributed by atoms with Crippen LogP contribution in [-0.2, 0) is 32.4 Å². The zero-order valence-electron chi connectivity index (χ0n) is 23.6. The first-order chi connectivity index (χ1) is 21.1. The van der Waals surface area contributed by atoms with Gasteiger partial charge >= 0.3 is 24.2 Å². The third kappa shape index (κ3) is 8.36. The summed E-state index contributed by atoms with van der Waals surface area (Å²) in [6.07, 6.45) is -9.63. The van der Waals surface area contributed by atoms with E-state index in [1.807, 2.05) is 0 Å². The maximum Gasteiger partial charge on any atom is 0.493 e. The highest BCUT2D eigenvalue weighted by Gasteiger charge is 2.46. The summed E-state index contributed by atoms with van der Waals surface area (Å²) in [4.78, 5) is 29.2. The summed E-state index contributed by atoms with van der Waals surface area (Å²) >= 11 is 5.63. The molecule has 2 aromatic carbocycles. The number of rotatable bonds is 8. The molecule has 1 aliphatic heterocycles. The lowest BCUT2D eigenvalue weighted by Gasteiger charge is -2.36. The van der Waals surface area contributed by atoms with Crippen molar-refractivity contribution in [3.05, 3.63) is 63.2 Å². The van der Waals surface area contributed by atoms with Crippen LogP contribution < -0.4 is 4.74 Å². The molecule has 2 aliphatic rings. The van der Waals surface area contributed by atoms with Gasteiger partial charge in [0.25, 0.3) is 10.0 Å². The minimum atomic E-state index is -5.68. The number of hydrogen-bond donors (Lipinski definition) is 0. The molecule has 0 aromatic heterocycles. The van der Waals surface area contributed by atoms with E-state index >= 15 is 8.78 Å². The van der Waals surface area contributed by atoms with Crippen LogP contribution in [0.25, 0.3) is 0 Å². The van der Waals surface area contributed by atoms with Gasteiger partial charge < -0.3 is 9.57 Å². The summed E-state index contributed by atoms with van der Waals surface area (Å²) in [6, 6.07) is 2.55. The number of carbonyl (C=O) groups is 2. The molecular formula is C27H24ClF9N2O6S. The van der Waals surface area contributed by atoms with E-state index in [2.05, 4.69) is 4.84 Å². The van der Waals surface area contributed by atoms with Gasteiger partial charge in [0.05, 0.1) is 22.4 Å². The first kappa shape index (κ1) is 35.6. The second-order valence-corrected chi connectivity index (χ2v) is 13.2. The molecule has 0 N–H and O–H groups in total. The first-order valence-electron chi connectivity index (χ1n) is 13.4. The van der Waals surface area contributed by atoms with Crippen LogP contribution in [-0.4, -0.2) is 67.5 Å². The Morgan fingerprint density at radius 3 is 2.17 bits per heavy atom. The Hall–Kier alpha value is -3.25. The molecule has 0 spiro atoms. The number of piperidine rings is 1. The van der Waals surface area contributed by atoms with Crippen LogP contribution in [0.3, 0.4) is 0 Å². The molecule has 1 saturated carbocycles. The van der Waals surface area contributed by atoms with Gasteiger partial charge in [-0.3, -0.25) is 9.69 Å². The molecule has 254 valence electrons. The fraction of sp³-hybridized carbons (Fsp3) is 0.481. The third-order valence-electron chi connectivity index (χ3n) is 7.27. The predicted molar refractivity (Wildman–Crippen MR) is 142 cm³/mol. The molecule has 4 rings (SSSR count). The summed E-state index contributed by atoms with van der Waals surface area (Å²) in [5.41, 5.74) is -4.43. The number of likely N-dealkylation sites (tertiary alicyclic amines) is 1. The molecular weight excluding hydrogens is 687 g/mol. The second-order valence-electron chi connectivity index (χ2n) is 11.0. The number of amides is 1. The number of alkyl halides is 7. The molecule has 1 amide bonds. The topological polar surface area (TPSA) is 93.2 Å². The fourth-order valence-electron chi connectivity index (χ4n) is 4.69. The SMILES string of the molecule is CS(=O)(=O)N(OC(=O)C(F)(F)F)C(=O)c1cc(C2CC2)c(OCC2(F)CCN(Cc3cc(C(F)(F)F)cc(Cl)c3F)CC2)cc1F. The van der Waals surface area contributed by atoms with Gasteiger partial charge in [0.15, 0.2) is 0 Å². The summed E-state index contributed by atoms with van der Waals surface area (Å²) in [6.45, 7) is -0.984. The van der Waals surface area contributed by atoms with Gasteiger partial charge in [-0.05, 0) is 55.4 Å². The highest BCUT2D eigenvalue weighted by Crippen LogP contribution is 2.46. The van der Waals surface area contributed by atoms with Gasteiger partial charge in [0.2, 0.25) is 0 Å². The van der Waals surface area contributed by atoms with Crippen LogP contribution in [0.5, 0.6) is 5.75 Å². The summed E-state index contributed by atoms with van der Waals surface area (Å²) in [5.74, 6) is -8.06. The van der Waals surface area contributed by atoms with Crippen LogP contribution >= 0.6 is 11.6 Å². The summed E-state index contributed by atoms with van der Waals surface area (Å²) < 4.78 is 151. The standard InChI is InChI=1S/C27H24ClF9N2O6S/c1-46(42,43)39(45-24(41)27(35,36)37)23(40)18-10-17(14-2-3-14)21(11-20(18)29)44-13-25(31)4-6-38(7-5-25)12-15-8-16(26(32,33)34)9-19(28)22(15)30/h8-11,14H,2-7,12-13H2,1H3. The van der Waals surface area contributed by atoms with Gasteiger partial charge in [-0.2, -0.15) is 26.3 Å². The molecule has 46 heavy (non-hydrogen) atoms. The number of ether oxygens (including phenoxy) is 1. The zero-order valence-corrected chi connectivity index (χ0v) is 25.1. The summed E-state index contributed by atoms with van der Waals surface area (Å²) in [5, 5.41) is -0.715. The minimum absolute atomic E-state index is 0.0254. The fourth-order valence-corrected chi connectivity index (χ4v) is 5.53. The Bertz CT molecular complexity index is 1620. The minimum Gasteiger partial charge on any atom is -0.490 e. The quantitative estimate of drug-likeness (QED) is 0.234. The third-order valence-corrected chi connectivity index (χ3v) is 8.39. The van der Waals surface area contributed by atoms with Crippen molar-refractivity contribution in [2.45, 2.75) is 56.2 Å². The van der Waals surface area contributed by atoms with Crippen molar-refractivity contribution in [2.24, 2.45) is 0 Å². The number of halogens is 10. The Labute approximate surface area is 261 Å². The monoisotopic (exact) mass is 710 g/mol. The van der Waals surface area contributed by atoms with E-state index < -0.39 is 78.8 Å². The molecule has 0 radical (unpaired) electrons. The van der Waals surface area contributed by atoms with Gasteiger partial charge in [-0.1, -0.05) is 16.1 Å². The molecule has 0 atom stereocenters. The molecule has 2 aromatic rings. The molecule has 1 aliphatic carbocycles. The predicted octanol–water partition coefficient (Wildman–Crippen LogP) is 6.32. The van der Waals surface area contributed by atoms with Gasteiger partial charge in [0.1, 0.15) is 29.7 Å². The maximum atomic E-state index is 15.7. The molecule has 19 heteroatoms. The van der Waals surface area contributed by atoms with Crippen LogP contribution in [0.4, 0.5) is 39.5 Å². The smallest absolute Gasteiger partial charge is 0.490 e. The molecule has 0 bridgehead atoms. The largest absolute Gasteiger partial charge is 0.493 e. The summed E-state index contributed by atoms with van der Waals surface area (Å²) in [7, 11) is -4.97. The number of hydroxylamine groups is 1. The van der Waals surface area contributed by atoms with E-state index in [1.165, 1.54) is 4.90 Å². The first-order valence-corrected chi connectivity index (χ1v) is 15.6.